The first-order chi connectivity index (χ1) is 12.4. The van der Waals surface area contributed by atoms with Crippen LogP contribution in [-0.4, -0.2) is 45.4 Å². The number of hydrogen-bond acceptors (Lipinski definition) is 5. The highest BCUT2D eigenvalue weighted by atomic mass is 16.2. The van der Waals surface area contributed by atoms with E-state index in [-0.39, 0.29) is 24.0 Å². The number of nitrogens with one attached hydrogen (secondary N) is 1. The minimum atomic E-state index is -0.191. The molecule has 2 atom stereocenters. The van der Waals surface area contributed by atoms with E-state index < -0.39 is 0 Å². The van der Waals surface area contributed by atoms with E-state index in [0.29, 0.717) is 19.5 Å². The number of likely N-dealkylation sites (tertiary alicyclic amines) is 1. The van der Waals surface area contributed by atoms with Crippen molar-refractivity contribution in [3.63, 3.8) is 0 Å². The van der Waals surface area contributed by atoms with E-state index in [1.54, 1.807) is 0 Å². The fraction of sp³-hybridized carbons (Fsp3) is 0.450. The predicted molar refractivity (Wildman–Crippen MR) is 102 cm³/mol. The SMILES string of the molecule is Cc1ccccc1-c1ncc(CN2C[C@H](N)C[C@H]2C(=O)NC(C)C)cn1. The fourth-order valence-corrected chi connectivity index (χ4v) is 3.40. The Morgan fingerprint density at radius 2 is 2.00 bits per heavy atom. The highest BCUT2D eigenvalue weighted by Crippen LogP contribution is 2.22. The first-order valence-electron chi connectivity index (χ1n) is 9.11. The van der Waals surface area contributed by atoms with Crippen molar-refractivity contribution in [3.8, 4) is 11.4 Å². The monoisotopic (exact) mass is 353 g/mol. The van der Waals surface area contributed by atoms with Gasteiger partial charge in [0.15, 0.2) is 5.82 Å². The Bertz CT molecular complexity index is 759. The number of carbonyl (C=O) groups excluding carboxylic acids is 1. The van der Waals surface area contributed by atoms with Crippen molar-refractivity contribution in [2.75, 3.05) is 6.54 Å². The van der Waals surface area contributed by atoms with E-state index in [1.165, 1.54) is 0 Å². The van der Waals surface area contributed by atoms with Gasteiger partial charge in [0.05, 0.1) is 6.04 Å². The molecule has 2 heterocycles. The van der Waals surface area contributed by atoms with Crippen molar-refractivity contribution >= 4 is 5.91 Å². The Morgan fingerprint density at radius 3 is 2.65 bits per heavy atom. The molecule has 26 heavy (non-hydrogen) atoms. The standard InChI is InChI=1S/C20H27N5O/c1-13(2)24-20(26)18-8-16(21)12-25(18)11-15-9-22-19(23-10-15)17-7-5-4-6-14(17)3/h4-7,9-10,13,16,18H,8,11-12,21H2,1-3H3,(H,24,26)/t16-,18+/m1/s1. The van der Waals surface area contributed by atoms with Gasteiger partial charge >= 0.3 is 0 Å². The van der Waals surface area contributed by atoms with Gasteiger partial charge in [-0.3, -0.25) is 9.69 Å². The van der Waals surface area contributed by atoms with Crippen LogP contribution in [0, 0.1) is 6.92 Å². The van der Waals surface area contributed by atoms with E-state index in [4.69, 9.17) is 5.73 Å². The molecule has 1 aliphatic heterocycles. The Hall–Kier alpha value is -2.31. The number of rotatable bonds is 5. The molecule has 0 unspecified atom stereocenters. The lowest BCUT2D eigenvalue weighted by Gasteiger charge is -2.24. The molecule has 0 spiro atoms. The third-order valence-corrected chi connectivity index (χ3v) is 4.65. The third kappa shape index (κ3) is 4.26. The van der Waals surface area contributed by atoms with Gasteiger partial charge in [-0.05, 0) is 32.8 Å². The number of nitrogens with zero attached hydrogens (tertiary/aromatic N) is 3. The maximum atomic E-state index is 12.4. The van der Waals surface area contributed by atoms with Crippen LogP contribution < -0.4 is 11.1 Å². The molecular formula is C20H27N5O. The van der Waals surface area contributed by atoms with Gasteiger partial charge < -0.3 is 11.1 Å². The highest BCUT2D eigenvalue weighted by Gasteiger charge is 2.35. The summed E-state index contributed by atoms with van der Waals surface area (Å²) >= 11 is 0. The molecule has 138 valence electrons. The molecule has 1 aromatic heterocycles. The average molecular weight is 353 g/mol. The summed E-state index contributed by atoms with van der Waals surface area (Å²) in [5.74, 6) is 0.768. The van der Waals surface area contributed by atoms with E-state index in [2.05, 4.69) is 33.2 Å². The summed E-state index contributed by atoms with van der Waals surface area (Å²) < 4.78 is 0. The van der Waals surface area contributed by atoms with Gasteiger partial charge in [0.25, 0.3) is 0 Å². The topological polar surface area (TPSA) is 84.1 Å². The number of amides is 1. The van der Waals surface area contributed by atoms with Crippen molar-refractivity contribution in [1.29, 1.82) is 0 Å². The van der Waals surface area contributed by atoms with Crippen LogP contribution in [-0.2, 0) is 11.3 Å². The van der Waals surface area contributed by atoms with Crippen molar-refractivity contribution < 1.29 is 4.79 Å². The molecule has 3 rings (SSSR count). The molecule has 1 saturated heterocycles. The molecule has 3 N–H and O–H groups in total. The van der Waals surface area contributed by atoms with E-state index in [9.17, 15) is 4.79 Å². The smallest absolute Gasteiger partial charge is 0.237 e. The van der Waals surface area contributed by atoms with E-state index >= 15 is 0 Å². The molecule has 1 aromatic carbocycles. The molecule has 1 amide bonds. The maximum absolute atomic E-state index is 12.4. The predicted octanol–water partition coefficient (Wildman–Crippen LogP) is 1.88. The fourth-order valence-electron chi connectivity index (χ4n) is 3.40. The van der Waals surface area contributed by atoms with Crippen LogP contribution in [0.2, 0.25) is 0 Å². The zero-order chi connectivity index (χ0) is 18.7. The maximum Gasteiger partial charge on any atom is 0.237 e. The molecule has 1 fully saturated rings. The minimum Gasteiger partial charge on any atom is -0.353 e. The number of aromatic nitrogens is 2. The van der Waals surface area contributed by atoms with Crippen molar-refractivity contribution in [3.05, 3.63) is 47.8 Å². The molecule has 0 bridgehead atoms. The van der Waals surface area contributed by atoms with E-state index in [1.807, 2.05) is 44.4 Å². The van der Waals surface area contributed by atoms with Gasteiger partial charge in [-0.15, -0.1) is 0 Å². The molecular weight excluding hydrogens is 326 g/mol. The van der Waals surface area contributed by atoms with Crippen LogP contribution in [0.3, 0.4) is 0 Å². The average Bonchev–Trinajstić information content (AvgIpc) is 2.96. The van der Waals surface area contributed by atoms with Gasteiger partial charge in [-0.2, -0.15) is 0 Å². The van der Waals surface area contributed by atoms with Crippen LogP contribution >= 0.6 is 0 Å². The van der Waals surface area contributed by atoms with Crippen molar-refractivity contribution in [2.24, 2.45) is 5.73 Å². The van der Waals surface area contributed by atoms with Crippen LogP contribution in [0.25, 0.3) is 11.4 Å². The first kappa shape index (κ1) is 18.5. The molecule has 6 heteroatoms. The minimum absolute atomic E-state index is 0.0186. The first-order valence-corrected chi connectivity index (χ1v) is 9.11. The zero-order valence-corrected chi connectivity index (χ0v) is 15.6. The molecule has 6 nitrogen and oxygen atoms in total. The number of carbonyl (C=O) groups is 1. The molecule has 0 aliphatic carbocycles. The second kappa shape index (κ2) is 7.93. The third-order valence-electron chi connectivity index (χ3n) is 4.65. The summed E-state index contributed by atoms with van der Waals surface area (Å²) in [6.45, 7) is 7.31. The van der Waals surface area contributed by atoms with Crippen LogP contribution in [0.15, 0.2) is 36.7 Å². The second-order valence-electron chi connectivity index (χ2n) is 7.33. The van der Waals surface area contributed by atoms with E-state index in [0.717, 1.165) is 22.5 Å². The van der Waals surface area contributed by atoms with Gasteiger partial charge in [0.1, 0.15) is 0 Å². The van der Waals surface area contributed by atoms with Crippen molar-refractivity contribution in [2.45, 2.75) is 51.9 Å². The quantitative estimate of drug-likeness (QED) is 0.857. The van der Waals surface area contributed by atoms with Crippen LogP contribution in [0.1, 0.15) is 31.4 Å². The lowest BCUT2D eigenvalue weighted by atomic mass is 10.1. The molecule has 2 aromatic rings. The number of nitrogens with two attached hydrogens (primary N) is 1. The van der Waals surface area contributed by atoms with Gasteiger partial charge in [0, 0.05) is 48.7 Å². The molecule has 0 saturated carbocycles. The summed E-state index contributed by atoms with van der Waals surface area (Å²) in [6, 6.07) is 8.02. The van der Waals surface area contributed by atoms with Gasteiger partial charge in [0.2, 0.25) is 5.91 Å². The summed E-state index contributed by atoms with van der Waals surface area (Å²) in [5.41, 5.74) is 9.27. The number of hydrogen-bond donors (Lipinski definition) is 2. The highest BCUT2D eigenvalue weighted by molar-refractivity contribution is 5.82. The largest absolute Gasteiger partial charge is 0.353 e. The second-order valence-corrected chi connectivity index (χ2v) is 7.33. The Labute approximate surface area is 154 Å². The van der Waals surface area contributed by atoms with Crippen molar-refractivity contribution in [1.82, 2.24) is 20.2 Å². The summed E-state index contributed by atoms with van der Waals surface area (Å²) in [4.78, 5) is 23.6. The normalized spacial score (nSPS) is 20.5. The summed E-state index contributed by atoms with van der Waals surface area (Å²) in [5, 5.41) is 2.99. The summed E-state index contributed by atoms with van der Waals surface area (Å²) in [7, 11) is 0. The van der Waals surface area contributed by atoms with Crippen LogP contribution in [0.4, 0.5) is 0 Å². The molecule has 0 radical (unpaired) electrons. The Kier molecular flexibility index (Phi) is 5.64. The zero-order valence-electron chi connectivity index (χ0n) is 15.6. The summed E-state index contributed by atoms with van der Waals surface area (Å²) in [6.07, 6.45) is 4.37. The van der Waals surface area contributed by atoms with Gasteiger partial charge in [-0.25, -0.2) is 9.97 Å². The Balaban J connectivity index is 1.71. The number of aryl methyl sites for hydroxylation is 1. The van der Waals surface area contributed by atoms with Gasteiger partial charge in [-0.1, -0.05) is 24.3 Å². The van der Waals surface area contributed by atoms with Crippen LogP contribution in [0.5, 0.6) is 0 Å². The lowest BCUT2D eigenvalue weighted by molar-refractivity contribution is -0.126. The molecule has 1 aliphatic rings. The lowest BCUT2D eigenvalue weighted by Crippen LogP contribution is -2.45. The number of benzene rings is 1. The Morgan fingerprint density at radius 1 is 1.31 bits per heavy atom.